The zero-order valence-electron chi connectivity index (χ0n) is 29.0. The van der Waals surface area contributed by atoms with Gasteiger partial charge in [0.05, 0.1) is 22.3 Å². The van der Waals surface area contributed by atoms with E-state index in [9.17, 15) is 29.1 Å². The molecule has 0 unspecified atom stereocenters. The summed E-state index contributed by atoms with van der Waals surface area (Å²) in [5.41, 5.74) is 4.14. The Bertz CT molecular complexity index is 1880. The summed E-state index contributed by atoms with van der Waals surface area (Å²) in [6, 6.07) is 25.9. The second-order valence-corrected chi connectivity index (χ2v) is 12.4. The lowest BCUT2D eigenvalue weighted by atomic mass is 9.97. The van der Waals surface area contributed by atoms with E-state index in [0.29, 0.717) is 0 Å². The number of rotatable bonds is 12. The Balaban J connectivity index is 1.56. The molecule has 0 saturated carbocycles. The van der Waals surface area contributed by atoms with E-state index < -0.39 is 73.8 Å². The van der Waals surface area contributed by atoms with Crippen molar-refractivity contribution in [1.29, 1.82) is 0 Å². The number of aryl methyl sites for hydroxylation is 4. The molecule has 0 amide bonds. The van der Waals surface area contributed by atoms with Crippen molar-refractivity contribution in [3.63, 3.8) is 0 Å². The fraction of sp³-hybridized carbons (Fsp3) is 0.275. The third-order valence-corrected chi connectivity index (χ3v) is 8.22. The van der Waals surface area contributed by atoms with E-state index in [1.54, 1.807) is 60.7 Å². The summed E-state index contributed by atoms with van der Waals surface area (Å²) < 4.78 is 35.1. The minimum absolute atomic E-state index is 0.119. The van der Waals surface area contributed by atoms with Crippen LogP contribution in [0.2, 0.25) is 0 Å². The van der Waals surface area contributed by atoms with Crippen LogP contribution >= 0.6 is 0 Å². The highest BCUT2D eigenvalue weighted by atomic mass is 16.7. The summed E-state index contributed by atoms with van der Waals surface area (Å²) in [5, 5.41) is 9.49. The maximum atomic E-state index is 13.7. The lowest BCUT2D eigenvalue weighted by molar-refractivity contribution is -0.297. The van der Waals surface area contributed by atoms with Gasteiger partial charge in [0.15, 0.2) is 24.6 Å². The van der Waals surface area contributed by atoms with Gasteiger partial charge in [-0.1, -0.05) is 70.8 Å². The molecular formula is C40H38O12. The monoisotopic (exact) mass is 710 g/mol. The molecule has 12 nitrogen and oxygen atoms in total. The fourth-order valence-corrected chi connectivity index (χ4v) is 5.28. The van der Waals surface area contributed by atoms with Gasteiger partial charge in [-0.05, 0) is 76.2 Å². The van der Waals surface area contributed by atoms with Crippen LogP contribution in [0.15, 0.2) is 97.1 Å². The van der Waals surface area contributed by atoms with E-state index in [-0.39, 0.29) is 22.3 Å². The van der Waals surface area contributed by atoms with Gasteiger partial charge in [-0.25, -0.2) is 24.0 Å². The molecule has 270 valence electrons. The van der Waals surface area contributed by atoms with Crippen LogP contribution in [0.25, 0.3) is 0 Å². The van der Waals surface area contributed by atoms with Gasteiger partial charge < -0.3 is 33.5 Å². The average Bonchev–Trinajstić information content (AvgIpc) is 3.12. The molecule has 1 heterocycles. The molecule has 1 aliphatic heterocycles. The van der Waals surface area contributed by atoms with Gasteiger partial charge >= 0.3 is 29.8 Å². The minimum atomic E-state index is -1.70. The first-order valence-electron chi connectivity index (χ1n) is 16.4. The van der Waals surface area contributed by atoms with Gasteiger partial charge in [0, 0.05) is 0 Å². The van der Waals surface area contributed by atoms with Crippen LogP contribution in [0.1, 0.15) is 63.7 Å². The van der Waals surface area contributed by atoms with Gasteiger partial charge in [-0.3, -0.25) is 0 Å². The second-order valence-electron chi connectivity index (χ2n) is 12.4. The first kappa shape index (κ1) is 37.4. The highest BCUT2D eigenvalue weighted by Gasteiger charge is 2.54. The topological polar surface area (TPSA) is 161 Å². The van der Waals surface area contributed by atoms with Crippen LogP contribution < -0.4 is 0 Å². The zero-order valence-corrected chi connectivity index (χ0v) is 29.0. The maximum absolute atomic E-state index is 13.7. The van der Waals surface area contributed by atoms with Crippen molar-refractivity contribution in [2.75, 3.05) is 13.2 Å². The van der Waals surface area contributed by atoms with Crippen LogP contribution in [0.4, 0.5) is 0 Å². The molecule has 52 heavy (non-hydrogen) atoms. The molecule has 0 spiro atoms. The average molecular weight is 711 g/mol. The molecule has 1 saturated heterocycles. The van der Waals surface area contributed by atoms with E-state index >= 15 is 0 Å². The Kier molecular flexibility index (Phi) is 12.2. The standard InChI is InChI=1S/C40H38O12/c1-23-5-13-27(14-6-23)36(43)47-21-31-33(50-37(44)28-15-7-24(2)8-16-28)34(51-38(45)29-17-9-25(3)10-18-29)35(40(49-31)48-22-32(41)42)52-39(46)30-19-11-26(4)12-20-30/h5-20,31,33-35,40H,21-22H2,1-4H3,(H,41,42)/t31-,33-,34+,35-,40-/m1/s1. The largest absolute Gasteiger partial charge is 0.480 e. The smallest absolute Gasteiger partial charge is 0.338 e. The van der Waals surface area contributed by atoms with Crippen molar-refractivity contribution in [1.82, 2.24) is 0 Å². The number of carbonyl (C=O) groups excluding carboxylic acids is 4. The summed E-state index contributed by atoms with van der Waals surface area (Å²) in [4.78, 5) is 65.6. The van der Waals surface area contributed by atoms with Gasteiger partial charge in [0.1, 0.15) is 19.3 Å². The number of carboxylic acid groups (broad SMARTS) is 1. The Hall–Kier alpha value is -5.85. The molecule has 12 heteroatoms. The van der Waals surface area contributed by atoms with Crippen LogP contribution in [-0.4, -0.2) is 78.9 Å². The summed E-state index contributed by atoms with van der Waals surface area (Å²) >= 11 is 0. The van der Waals surface area contributed by atoms with Crippen LogP contribution in [0.5, 0.6) is 0 Å². The number of ether oxygens (including phenoxy) is 6. The Morgan fingerprint density at radius 2 is 0.865 bits per heavy atom. The SMILES string of the molecule is Cc1ccc(C(=O)OC[C@H]2O[C@@H](OCC(=O)O)[C@H](OC(=O)c3ccc(C)cc3)[C@@H](OC(=O)c3ccc(C)cc3)[C@@H]2OC(=O)c2ccc(C)cc2)cc1. The zero-order chi connectivity index (χ0) is 37.4. The summed E-state index contributed by atoms with van der Waals surface area (Å²) in [6.45, 7) is 5.89. The van der Waals surface area contributed by atoms with Gasteiger partial charge in [0.2, 0.25) is 0 Å². The number of carboxylic acids is 1. The first-order valence-corrected chi connectivity index (χ1v) is 16.4. The van der Waals surface area contributed by atoms with Crippen LogP contribution in [0.3, 0.4) is 0 Å². The second kappa shape index (κ2) is 16.9. The third kappa shape index (κ3) is 9.68. The van der Waals surface area contributed by atoms with E-state index in [0.717, 1.165) is 22.3 Å². The molecule has 5 rings (SSSR count). The molecule has 0 aliphatic carbocycles. The Labute approximate surface area is 300 Å². The first-order chi connectivity index (χ1) is 24.9. The van der Waals surface area contributed by atoms with E-state index in [2.05, 4.69) is 0 Å². The Morgan fingerprint density at radius 1 is 0.519 bits per heavy atom. The van der Waals surface area contributed by atoms with Crippen molar-refractivity contribution in [3.8, 4) is 0 Å². The van der Waals surface area contributed by atoms with Gasteiger partial charge in [0.25, 0.3) is 0 Å². The number of aliphatic carboxylic acids is 1. The molecule has 1 N–H and O–H groups in total. The molecule has 5 atom stereocenters. The van der Waals surface area contributed by atoms with Gasteiger partial charge in [-0.2, -0.15) is 0 Å². The lowest BCUT2D eigenvalue weighted by Gasteiger charge is -2.44. The summed E-state index contributed by atoms with van der Waals surface area (Å²) in [6.07, 6.45) is -8.02. The van der Waals surface area contributed by atoms with Crippen LogP contribution in [-0.2, 0) is 33.2 Å². The van der Waals surface area contributed by atoms with Crippen molar-refractivity contribution in [3.05, 3.63) is 142 Å². The summed E-state index contributed by atoms with van der Waals surface area (Å²) in [5.74, 6) is -4.74. The van der Waals surface area contributed by atoms with E-state index in [4.69, 9.17) is 28.4 Å². The van der Waals surface area contributed by atoms with Crippen molar-refractivity contribution in [2.24, 2.45) is 0 Å². The quantitative estimate of drug-likeness (QED) is 0.144. The molecule has 4 aromatic rings. The van der Waals surface area contributed by atoms with Crippen molar-refractivity contribution in [2.45, 2.75) is 58.4 Å². The fourth-order valence-electron chi connectivity index (χ4n) is 5.28. The number of hydrogen-bond acceptors (Lipinski definition) is 11. The number of carbonyl (C=O) groups is 5. The van der Waals surface area contributed by atoms with Crippen molar-refractivity contribution < 1.29 is 57.5 Å². The Morgan fingerprint density at radius 3 is 1.25 bits per heavy atom. The lowest BCUT2D eigenvalue weighted by Crippen LogP contribution is -2.63. The molecule has 1 fully saturated rings. The third-order valence-electron chi connectivity index (χ3n) is 8.22. The number of hydrogen-bond donors (Lipinski definition) is 1. The predicted octanol–water partition coefficient (Wildman–Crippen LogP) is 5.58. The van der Waals surface area contributed by atoms with E-state index in [1.165, 1.54) is 36.4 Å². The molecule has 0 aromatic heterocycles. The molecular weight excluding hydrogens is 672 g/mol. The maximum Gasteiger partial charge on any atom is 0.338 e. The molecule has 0 radical (unpaired) electrons. The molecule has 4 aromatic carbocycles. The normalized spacial score (nSPS) is 19.6. The van der Waals surface area contributed by atoms with E-state index in [1.807, 2.05) is 27.7 Å². The van der Waals surface area contributed by atoms with Crippen molar-refractivity contribution >= 4 is 29.8 Å². The summed E-state index contributed by atoms with van der Waals surface area (Å²) in [7, 11) is 0. The number of esters is 4. The highest BCUT2D eigenvalue weighted by molar-refractivity contribution is 5.92. The predicted molar refractivity (Wildman–Crippen MR) is 185 cm³/mol. The molecule has 0 bridgehead atoms. The van der Waals surface area contributed by atoms with Gasteiger partial charge in [-0.15, -0.1) is 0 Å². The van der Waals surface area contributed by atoms with Crippen LogP contribution in [0, 0.1) is 27.7 Å². The molecule has 1 aliphatic rings. The highest BCUT2D eigenvalue weighted by Crippen LogP contribution is 2.32. The minimum Gasteiger partial charge on any atom is -0.480 e. The number of benzene rings is 4.